The zero-order chi connectivity index (χ0) is 15.3. The Morgan fingerprint density at radius 1 is 1.38 bits per heavy atom. The Hall–Kier alpha value is -1.72. The molecule has 0 spiro atoms. The van der Waals surface area contributed by atoms with Crippen LogP contribution in [0, 0.1) is 0 Å². The first-order valence-electron chi connectivity index (χ1n) is 6.94. The van der Waals surface area contributed by atoms with E-state index < -0.39 is 11.6 Å². The number of ether oxygens (including phenoxy) is 1. The second-order valence-electron chi connectivity index (χ2n) is 5.20. The maximum Gasteiger partial charge on any atom is 0.327 e. The fourth-order valence-electron chi connectivity index (χ4n) is 2.10. The summed E-state index contributed by atoms with van der Waals surface area (Å²) in [5.41, 5.74) is 0.474. The van der Waals surface area contributed by atoms with Gasteiger partial charge in [0.25, 0.3) is 0 Å². The summed E-state index contributed by atoms with van der Waals surface area (Å²) in [5.74, 6) is -0.270. The predicted molar refractivity (Wildman–Crippen MR) is 84.1 cm³/mol. The molecule has 1 heterocycles. The maximum atomic E-state index is 12.3. The number of rotatable bonds is 6. The van der Waals surface area contributed by atoms with Crippen molar-refractivity contribution in [2.24, 2.45) is 0 Å². The molecule has 21 heavy (non-hydrogen) atoms. The molecule has 0 aliphatic rings. The van der Waals surface area contributed by atoms with E-state index >= 15 is 0 Å². The highest BCUT2D eigenvalue weighted by atomic mass is 32.1. The van der Waals surface area contributed by atoms with Crippen LogP contribution in [0.3, 0.4) is 0 Å². The molecule has 1 aromatic carbocycles. The number of carbonyl (C=O) groups is 1. The van der Waals surface area contributed by atoms with Gasteiger partial charge in [-0.2, -0.15) is 0 Å². The first-order chi connectivity index (χ1) is 10.0. The highest BCUT2D eigenvalue weighted by Crippen LogP contribution is 2.27. The molecule has 2 rings (SSSR count). The molecule has 2 aromatic rings. The molecule has 4 nitrogen and oxygen atoms in total. The average molecular weight is 304 g/mol. The smallest absolute Gasteiger partial charge is 0.327 e. The van der Waals surface area contributed by atoms with Crippen molar-refractivity contribution in [3.8, 4) is 0 Å². The highest BCUT2D eigenvalue weighted by Gasteiger charge is 2.31. The van der Waals surface area contributed by atoms with Gasteiger partial charge in [-0.05, 0) is 26.3 Å². The molecule has 0 aliphatic heterocycles. The highest BCUT2D eigenvalue weighted by molar-refractivity contribution is 7.09. The fourth-order valence-corrected chi connectivity index (χ4v) is 2.83. The molecule has 0 bridgehead atoms. The molecule has 0 aliphatic carbocycles. The quantitative estimate of drug-likeness (QED) is 0.832. The van der Waals surface area contributed by atoms with E-state index in [0.29, 0.717) is 6.61 Å². The minimum atomic E-state index is -0.509. The van der Waals surface area contributed by atoms with E-state index in [1.807, 2.05) is 56.5 Å². The van der Waals surface area contributed by atoms with Crippen molar-refractivity contribution in [3.63, 3.8) is 0 Å². The second kappa shape index (κ2) is 6.83. The third-order valence-electron chi connectivity index (χ3n) is 3.13. The van der Waals surface area contributed by atoms with Crippen molar-refractivity contribution in [3.05, 3.63) is 52.5 Å². The van der Waals surface area contributed by atoms with Gasteiger partial charge in [-0.3, -0.25) is 5.32 Å². The molecule has 0 fully saturated rings. The summed E-state index contributed by atoms with van der Waals surface area (Å²) in [6, 6.07) is 9.10. The van der Waals surface area contributed by atoms with E-state index in [-0.39, 0.29) is 5.97 Å². The lowest BCUT2D eigenvalue weighted by atomic mass is 10.0. The Labute approximate surface area is 129 Å². The third kappa shape index (κ3) is 3.89. The minimum Gasteiger partial charge on any atom is -0.465 e. The van der Waals surface area contributed by atoms with Crippen LogP contribution in [0.5, 0.6) is 0 Å². The van der Waals surface area contributed by atoms with Gasteiger partial charge in [0.05, 0.1) is 12.1 Å². The number of nitrogens with zero attached hydrogens (tertiary/aromatic N) is 1. The van der Waals surface area contributed by atoms with Gasteiger partial charge in [0.1, 0.15) is 11.0 Å². The number of nitrogens with one attached hydrogen (secondary N) is 1. The van der Waals surface area contributed by atoms with Gasteiger partial charge in [-0.1, -0.05) is 30.3 Å². The standard InChI is InChI=1S/C16H20N2O2S/c1-4-20-14(19)13(12-8-6-5-7-9-12)18-16(2,3)15-17-10-11-21-15/h5-11,13,18H,4H2,1-3H3. The van der Waals surface area contributed by atoms with E-state index in [1.54, 1.807) is 17.5 Å². The van der Waals surface area contributed by atoms with Crippen LogP contribution in [-0.2, 0) is 15.1 Å². The summed E-state index contributed by atoms with van der Waals surface area (Å²) in [4.78, 5) is 16.6. The molecule has 112 valence electrons. The van der Waals surface area contributed by atoms with Gasteiger partial charge in [0, 0.05) is 11.6 Å². The van der Waals surface area contributed by atoms with Crippen LogP contribution in [0.1, 0.15) is 37.4 Å². The molecule has 0 saturated heterocycles. The van der Waals surface area contributed by atoms with Crippen molar-refractivity contribution < 1.29 is 9.53 Å². The van der Waals surface area contributed by atoms with Crippen molar-refractivity contribution in [1.29, 1.82) is 0 Å². The average Bonchev–Trinajstić information content (AvgIpc) is 3.01. The SMILES string of the molecule is CCOC(=O)C(NC(C)(C)c1nccs1)c1ccccc1. The van der Waals surface area contributed by atoms with Crippen molar-refractivity contribution in [1.82, 2.24) is 10.3 Å². The zero-order valence-corrected chi connectivity index (χ0v) is 13.3. The summed E-state index contributed by atoms with van der Waals surface area (Å²) in [7, 11) is 0. The first kappa shape index (κ1) is 15.7. The van der Waals surface area contributed by atoms with E-state index in [4.69, 9.17) is 4.74 Å². The largest absolute Gasteiger partial charge is 0.465 e. The van der Waals surface area contributed by atoms with Crippen LogP contribution in [0.4, 0.5) is 0 Å². The molecular formula is C16H20N2O2S. The lowest BCUT2D eigenvalue weighted by Crippen LogP contribution is -2.43. The minimum absolute atomic E-state index is 0.270. The number of esters is 1. The van der Waals surface area contributed by atoms with Gasteiger partial charge in [0.15, 0.2) is 0 Å². The monoisotopic (exact) mass is 304 g/mol. The van der Waals surface area contributed by atoms with E-state index in [2.05, 4.69) is 10.3 Å². The summed E-state index contributed by atoms with van der Waals surface area (Å²) in [6.45, 7) is 6.20. The van der Waals surface area contributed by atoms with Gasteiger partial charge < -0.3 is 4.74 Å². The van der Waals surface area contributed by atoms with E-state index in [1.165, 1.54) is 0 Å². The number of thiazole rings is 1. The summed E-state index contributed by atoms with van der Waals surface area (Å²) in [6.07, 6.45) is 1.77. The van der Waals surface area contributed by atoms with Crippen LogP contribution in [-0.4, -0.2) is 17.6 Å². The lowest BCUT2D eigenvalue weighted by molar-refractivity contribution is -0.146. The number of hydrogen-bond donors (Lipinski definition) is 1. The van der Waals surface area contributed by atoms with Gasteiger partial charge in [0.2, 0.25) is 0 Å². The Morgan fingerprint density at radius 2 is 2.10 bits per heavy atom. The molecule has 1 atom stereocenters. The molecule has 1 aromatic heterocycles. The normalized spacial score (nSPS) is 12.9. The molecule has 1 unspecified atom stereocenters. The predicted octanol–water partition coefficient (Wildman–Crippen LogP) is 3.27. The Morgan fingerprint density at radius 3 is 2.67 bits per heavy atom. The third-order valence-corrected chi connectivity index (χ3v) is 4.22. The van der Waals surface area contributed by atoms with Crippen LogP contribution in [0.2, 0.25) is 0 Å². The number of hydrogen-bond acceptors (Lipinski definition) is 5. The van der Waals surface area contributed by atoms with Crippen LogP contribution >= 0.6 is 11.3 Å². The fraction of sp³-hybridized carbons (Fsp3) is 0.375. The van der Waals surface area contributed by atoms with Gasteiger partial charge in [-0.15, -0.1) is 11.3 Å². The molecule has 0 saturated carbocycles. The Balaban J connectivity index is 2.26. The molecule has 0 amide bonds. The molecule has 1 N–H and O–H groups in total. The van der Waals surface area contributed by atoms with Crippen LogP contribution in [0.25, 0.3) is 0 Å². The van der Waals surface area contributed by atoms with Crippen LogP contribution < -0.4 is 5.32 Å². The second-order valence-corrected chi connectivity index (χ2v) is 6.10. The van der Waals surface area contributed by atoms with E-state index in [9.17, 15) is 4.79 Å². The Bertz CT molecular complexity index is 567. The Kier molecular flexibility index (Phi) is 5.09. The summed E-state index contributed by atoms with van der Waals surface area (Å²) >= 11 is 1.57. The van der Waals surface area contributed by atoms with E-state index in [0.717, 1.165) is 10.6 Å². The maximum absolute atomic E-state index is 12.3. The zero-order valence-electron chi connectivity index (χ0n) is 12.5. The van der Waals surface area contributed by atoms with Gasteiger partial charge >= 0.3 is 5.97 Å². The summed E-state index contributed by atoms with van der Waals surface area (Å²) < 4.78 is 5.20. The topological polar surface area (TPSA) is 51.2 Å². The number of carbonyl (C=O) groups excluding carboxylic acids is 1. The van der Waals surface area contributed by atoms with Gasteiger partial charge in [-0.25, -0.2) is 9.78 Å². The molecule has 0 radical (unpaired) electrons. The first-order valence-corrected chi connectivity index (χ1v) is 7.82. The summed E-state index contributed by atoms with van der Waals surface area (Å²) in [5, 5.41) is 6.24. The van der Waals surface area contributed by atoms with Crippen LogP contribution in [0.15, 0.2) is 41.9 Å². The van der Waals surface area contributed by atoms with Crippen molar-refractivity contribution in [2.45, 2.75) is 32.4 Å². The molecular weight excluding hydrogens is 284 g/mol. The number of aromatic nitrogens is 1. The van der Waals surface area contributed by atoms with Crippen molar-refractivity contribution >= 4 is 17.3 Å². The lowest BCUT2D eigenvalue weighted by Gasteiger charge is -2.29. The van der Waals surface area contributed by atoms with Crippen molar-refractivity contribution in [2.75, 3.05) is 6.61 Å². The number of benzene rings is 1. The molecule has 5 heteroatoms.